The maximum Gasteiger partial charge on any atom is 0.290 e. The normalized spacial score (nSPS) is 17.1. The van der Waals surface area contributed by atoms with E-state index in [0.717, 1.165) is 12.4 Å². The summed E-state index contributed by atoms with van der Waals surface area (Å²) in [6.07, 6.45) is 5.02. The standard InChI is InChI=1S/C13H22N4O/c1-13(2,3)12-15-10(16-17-12)11(18)14-8-9-6-4-5-7-9/h9H,4-8H2,1-3H3,(H,14,18)(H,15,16,17). The Labute approximate surface area is 108 Å². The van der Waals surface area contributed by atoms with Crippen molar-refractivity contribution >= 4 is 5.91 Å². The van der Waals surface area contributed by atoms with Gasteiger partial charge in [0.1, 0.15) is 5.82 Å². The molecule has 1 aromatic rings. The van der Waals surface area contributed by atoms with Gasteiger partial charge in [0.2, 0.25) is 5.82 Å². The van der Waals surface area contributed by atoms with Gasteiger partial charge >= 0.3 is 0 Å². The number of hydrogen-bond donors (Lipinski definition) is 2. The van der Waals surface area contributed by atoms with Crippen molar-refractivity contribution in [1.82, 2.24) is 20.5 Å². The van der Waals surface area contributed by atoms with Crippen LogP contribution in [0.3, 0.4) is 0 Å². The molecule has 5 nitrogen and oxygen atoms in total. The van der Waals surface area contributed by atoms with E-state index in [4.69, 9.17) is 0 Å². The summed E-state index contributed by atoms with van der Waals surface area (Å²) >= 11 is 0. The predicted octanol–water partition coefficient (Wildman–Crippen LogP) is 2.02. The Morgan fingerprint density at radius 3 is 2.61 bits per heavy atom. The zero-order valence-electron chi connectivity index (χ0n) is 11.4. The fourth-order valence-corrected chi connectivity index (χ4v) is 2.23. The lowest BCUT2D eigenvalue weighted by atomic mass is 9.96. The first-order valence-electron chi connectivity index (χ1n) is 6.68. The predicted molar refractivity (Wildman–Crippen MR) is 69.4 cm³/mol. The van der Waals surface area contributed by atoms with Gasteiger partial charge in [0.05, 0.1) is 0 Å². The Hall–Kier alpha value is -1.39. The summed E-state index contributed by atoms with van der Waals surface area (Å²) in [5.41, 5.74) is -0.114. The van der Waals surface area contributed by atoms with E-state index in [1.807, 2.05) is 20.8 Å². The Morgan fingerprint density at radius 1 is 1.39 bits per heavy atom. The minimum atomic E-state index is -0.173. The van der Waals surface area contributed by atoms with Gasteiger partial charge in [-0.2, -0.15) is 0 Å². The van der Waals surface area contributed by atoms with Crippen LogP contribution in [-0.2, 0) is 5.41 Å². The molecule has 1 aliphatic carbocycles. The first-order valence-corrected chi connectivity index (χ1v) is 6.68. The van der Waals surface area contributed by atoms with Crippen molar-refractivity contribution in [3.05, 3.63) is 11.6 Å². The molecule has 1 amide bonds. The van der Waals surface area contributed by atoms with Crippen LogP contribution in [0, 0.1) is 5.92 Å². The molecular weight excluding hydrogens is 228 g/mol. The monoisotopic (exact) mass is 250 g/mol. The number of carbonyl (C=O) groups excluding carboxylic acids is 1. The molecule has 18 heavy (non-hydrogen) atoms. The molecule has 2 N–H and O–H groups in total. The lowest BCUT2D eigenvalue weighted by Gasteiger charge is -2.13. The summed E-state index contributed by atoms with van der Waals surface area (Å²) in [5, 5.41) is 9.73. The molecule has 1 heterocycles. The summed E-state index contributed by atoms with van der Waals surface area (Å²) in [5.74, 6) is 1.45. The van der Waals surface area contributed by atoms with Gasteiger partial charge in [-0.25, -0.2) is 4.98 Å². The van der Waals surface area contributed by atoms with Crippen LogP contribution in [0.4, 0.5) is 0 Å². The number of H-pyrrole nitrogens is 1. The Balaban J connectivity index is 1.90. The van der Waals surface area contributed by atoms with Crippen LogP contribution in [0.5, 0.6) is 0 Å². The molecule has 0 spiro atoms. The molecule has 0 saturated heterocycles. The average molecular weight is 250 g/mol. The molecule has 0 bridgehead atoms. The molecule has 5 heteroatoms. The maximum atomic E-state index is 11.9. The highest BCUT2D eigenvalue weighted by molar-refractivity contribution is 5.90. The molecule has 100 valence electrons. The van der Waals surface area contributed by atoms with Crippen LogP contribution in [0.1, 0.15) is 62.9 Å². The first kappa shape index (κ1) is 13.1. The van der Waals surface area contributed by atoms with Crippen LogP contribution >= 0.6 is 0 Å². The molecule has 0 aliphatic heterocycles. The van der Waals surface area contributed by atoms with E-state index < -0.39 is 0 Å². The van der Waals surface area contributed by atoms with E-state index in [1.165, 1.54) is 25.7 Å². The Kier molecular flexibility index (Phi) is 3.68. The highest BCUT2D eigenvalue weighted by Crippen LogP contribution is 2.23. The second-order valence-electron chi connectivity index (χ2n) is 6.12. The van der Waals surface area contributed by atoms with Crippen molar-refractivity contribution < 1.29 is 4.79 Å². The minimum Gasteiger partial charge on any atom is -0.349 e. The zero-order chi connectivity index (χ0) is 13.2. The Morgan fingerprint density at radius 2 is 2.06 bits per heavy atom. The molecular formula is C13H22N4O. The van der Waals surface area contributed by atoms with Gasteiger partial charge in [-0.05, 0) is 18.8 Å². The largest absolute Gasteiger partial charge is 0.349 e. The molecule has 1 fully saturated rings. The Bertz CT molecular complexity index is 413. The van der Waals surface area contributed by atoms with Gasteiger partial charge < -0.3 is 5.32 Å². The number of nitrogens with one attached hydrogen (secondary N) is 2. The molecule has 2 rings (SSSR count). The van der Waals surface area contributed by atoms with Crippen molar-refractivity contribution in [2.24, 2.45) is 5.92 Å². The quantitative estimate of drug-likeness (QED) is 0.862. The summed E-state index contributed by atoms with van der Waals surface area (Å²) in [6.45, 7) is 6.85. The van der Waals surface area contributed by atoms with Gasteiger partial charge in [-0.1, -0.05) is 33.6 Å². The van der Waals surface area contributed by atoms with Crippen LogP contribution in [0.25, 0.3) is 0 Å². The molecule has 0 aromatic carbocycles. The van der Waals surface area contributed by atoms with Crippen molar-refractivity contribution in [2.75, 3.05) is 6.54 Å². The van der Waals surface area contributed by atoms with E-state index >= 15 is 0 Å². The van der Waals surface area contributed by atoms with Gasteiger partial charge in [-0.3, -0.25) is 9.89 Å². The molecule has 0 radical (unpaired) electrons. The van der Waals surface area contributed by atoms with E-state index in [1.54, 1.807) is 0 Å². The minimum absolute atomic E-state index is 0.114. The third-order valence-electron chi connectivity index (χ3n) is 3.42. The molecule has 1 saturated carbocycles. The number of aromatic nitrogens is 3. The third-order valence-corrected chi connectivity index (χ3v) is 3.42. The smallest absolute Gasteiger partial charge is 0.290 e. The lowest BCUT2D eigenvalue weighted by molar-refractivity contribution is 0.0937. The van der Waals surface area contributed by atoms with Crippen LogP contribution in [-0.4, -0.2) is 27.6 Å². The van der Waals surface area contributed by atoms with E-state index in [-0.39, 0.29) is 17.1 Å². The summed E-state index contributed by atoms with van der Waals surface area (Å²) in [7, 11) is 0. The summed E-state index contributed by atoms with van der Waals surface area (Å²) < 4.78 is 0. The average Bonchev–Trinajstić information content (AvgIpc) is 2.96. The highest BCUT2D eigenvalue weighted by atomic mass is 16.2. The second-order valence-corrected chi connectivity index (χ2v) is 6.12. The van der Waals surface area contributed by atoms with Crippen molar-refractivity contribution in [1.29, 1.82) is 0 Å². The third kappa shape index (κ3) is 3.09. The topological polar surface area (TPSA) is 70.7 Å². The van der Waals surface area contributed by atoms with Crippen LogP contribution in [0.15, 0.2) is 0 Å². The number of amides is 1. The molecule has 1 aliphatic rings. The fraction of sp³-hybridized carbons (Fsp3) is 0.769. The lowest BCUT2D eigenvalue weighted by Crippen LogP contribution is -2.29. The van der Waals surface area contributed by atoms with Crippen molar-refractivity contribution in [3.63, 3.8) is 0 Å². The van der Waals surface area contributed by atoms with Gasteiger partial charge in [0, 0.05) is 12.0 Å². The number of carbonyl (C=O) groups is 1. The first-order chi connectivity index (χ1) is 8.47. The molecule has 0 unspecified atom stereocenters. The van der Waals surface area contributed by atoms with E-state index in [0.29, 0.717) is 5.92 Å². The SMILES string of the molecule is CC(C)(C)c1nc(C(=O)NCC2CCCC2)n[nH]1. The van der Waals surface area contributed by atoms with Crippen molar-refractivity contribution in [2.45, 2.75) is 51.9 Å². The van der Waals surface area contributed by atoms with E-state index in [2.05, 4.69) is 20.5 Å². The summed E-state index contributed by atoms with van der Waals surface area (Å²) in [4.78, 5) is 16.1. The summed E-state index contributed by atoms with van der Waals surface area (Å²) in [6, 6.07) is 0. The van der Waals surface area contributed by atoms with Gasteiger partial charge in [0.15, 0.2) is 0 Å². The number of aromatic amines is 1. The number of rotatable bonds is 3. The van der Waals surface area contributed by atoms with Crippen LogP contribution in [0.2, 0.25) is 0 Å². The van der Waals surface area contributed by atoms with E-state index in [9.17, 15) is 4.79 Å². The molecule has 1 aromatic heterocycles. The number of nitrogens with zero attached hydrogens (tertiary/aromatic N) is 2. The molecule has 0 atom stereocenters. The van der Waals surface area contributed by atoms with Gasteiger partial charge in [-0.15, -0.1) is 5.10 Å². The second kappa shape index (κ2) is 5.08. The number of hydrogen-bond acceptors (Lipinski definition) is 3. The highest BCUT2D eigenvalue weighted by Gasteiger charge is 2.22. The maximum absolute atomic E-state index is 11.9. The van der Waals surface area contributed by atoms with Gasteiger partial charge in [0.25, 0.3) is 5.91 Å². The van der Waals surface area contributed by atoms with Crippen molar-refractivity contribution in [3.8, 4) is 0 Å². The van der Waals surface area contributed by atoms with Crippen LogP contribution < -0.4 is 5.32 Å². The fourth-order valence-electron chi connectivity index (χ4n) is 2.23. The zero-order valence-corrected chi connectivity index (χ0v) is 11.4.